The first-order valence-corrected chi connectivity index (χ1v) is 8.83. The van der Waals surface area contributed by atoms with Gasteiger partial charge in [-0.2, -0.15) is 0 Å². The highest BCUT2D eigenvalue weighted by molar-refractivity contribution is 5.65. The number of epoxide rings is 1. The van der Waals surface area contributed by atoms with E-state index in [0.717, 1.165) is 30.5 Å². The SMILES string of the molecule is COc1c2c(cc3c1C(O)N1CC[C@]34[C@H]3O[C@H]3[C@H](OC)C[C@@H]14)OCO2. The molecule has 7 heteroatoms. The van der Waals surface area contributed by atoms with E-state index in [2.05, 4.69) is 4.90 Å². The average molecular weight is 347 g/mol. The van der Waals surface area contributed by atoms with E-state index >= 15 is 0 Å². The second kappa shape index (κ2) is 4.59. The number of aliphatic hydroxyl groups is 1. The third-order valence-electron chi connectivity index (χ3n) is 6.87. The molecule has 25 heavy (non-hydrogen) atoms. The van der Waals surface area contributed by atoms with Crippen LogP contribution in [0, 0.1) is 0 Å². The van der Waals surface area contributed by atoms with E-state index in [1.165, 1.54) is 0 Å². The number of aliphatic hydroxyl groups excluding tert-OH is 1. The molecule has 0 amide bonds. The predicted octanol–water partition coefficient (Wildman–Crippen LogP) is 0.927. The molecule has 7 atom stereocenters. The Morgan fingerprint density at radius 3 is 3.00 bits per heavy atom. The number of ether oxygens (including phenoxy) is 5. The Labute approximate surface area is 145 Å². The van der Waals surface area contributed by atoms with Gasteiger partial charge >= 0.3 is 0 Å². The molecule has 6 rings (SSSR count). The Balaban J connectivity index is 1.60. The zero-order valence-electron chi connectivity index (χ0n) is 14.2. The molecule has 1 aromatic carbocycles. The van der Waals surface area contributed by atoms with Gasteiger partial charge in [0.15, 0.2) is 11.5 Å². The van der Waals surface area contributed by atoms with Gasteiger partial charge in [0.1, 0.15) is 12.3 Å². The summed E-state index contributed by atoms with van der Waals surface area (Å²) < 4.78 is 28.7. The molecule has 3 fully saturated rings. The first kappa shape index (κ1) is 14.6. The van der Waals surface area contributed by atoms with Crippen LogP contribution < -0.4 is 14.2 Å². The predicted molar refractivity (Wildman–Crippen MR) is 84.9 cm³/mol. The van der Waals surface area contributed by atoms with Crippen molar-refractivity contribution in [2.75, 3.05) is 27.6 Å². The number of fused-ring (bicyclic) bond motifs is 3. The van der Waals surface area contributed by atoms with E-state index in [1.54, 1.807) is 14.2 Å². The van der Waals surface area contributed by atoms with Crippen LogP contribution in [0.5, 0.6) is 17.2 Å². The number of benzene rings is 1. The van der Waals surface area contributed by atoms with Crippen LogP contribution in [0.3, 0.4) is 0 Å². The van der Waals surface area contributed by atoms with Gasteiger partial charge in [-0.1, -0.05) is 0 Å². The molecule has 0 spiro atoms. The quantitative estimate of drug-likeness (QED) is 0.798. The van der Waals surface area contributed by atoms with Crippen LogP contribution in [0.1, 0.15) is 30.2 Å². The van der Waals surface area contributed by atoms with Gasteiger partial charge in [-0.3, -0.25) is 4.90 Å². The highest BCUT2D eigenvalue weighted by Gasteiger charge is 2.71. The molecular weight excluding hydrogens is 326 g/mol. The maximum absolute atomic E-state index is 11.2. The van der Waals surface area contributed by atoms with Crippen LogP contribution in [0.15, 0.2) is 6.07 Å². The molecule has 5 aliphatic rings. The van der Waals surface area contributed by atoms with Gasteiger partial charge in [-0.25, -0.2) is 0 Å². The molecule has 0 aromatic heterocycles. The van der Waals surface area contributed by atoms with Crippen molar-refractivity contribution in [3.05, 3.63) is 17.2 Å². The van der Waals surface area contributed by atoms with E-state index in [-0.39, 0.29) is 36.6 Å². The summed E-state index contributed by atoms with van der Waals surface area (Å²) in [5, 5.41) is 11.2. The molecule has 1 saturated carbocycles. The molecule has 2 saturated heterocycles. The summed E-state index contributed by atoms with van der Waals surface area (Å²) in [5.74, 6) is 1.88. The topological polar surface area (TPSA) is 72.9 Å². The summed E-state index contributed by atoms with van der Waals surface area (Å²) in [6, 6.07) is 2.25. The number of rotatable bonds is 2. The van der Waals surface area contributed by atoms with Crippen molar-refractivity contribution in [1.29, 1.82) is 0 Å². The molecule has 1 aromatic rings. The Morgan fingerprint density at radius 2 is 2.20 bits per heavy atom. The molecule has 134 valence electrons. The summed E-state index contributed by atoms with van der Waals surface area (Å²) >= 11 is 0. The zero-order chi connectivity index (χ0) is 16.9. The first-order valence-electron chi connectivity index (χ1n) is 8.83. The molecule has 4 aliphatic heterocycles. The molecular formula is C18H21NO6. The highest BCUT2D eigenvalue weighted by Crippen LogP contribution is 2.65. The van der Waals surface area contributed by atoms with Crippen molar-refractivity contribution in [1.82, 2.24) is 4.90 Å². The van der Waals surface area contributed by atoms with E-state index in [4.69, 9.17) is 23.7 Å². The van der Waals surface area contributed by atoms with Crippen LogP contribution in [0.4, 0.5) is 0 Å². The molecule has 4 heterocycles. The fourth-order valence-corrected chi connectivity index (χ4v) is 5.81. The minimum absolute atomic E-state index is 0.0911. The van der Waals surface area contributed by atoms with Crippen LogP contribution in [0.2, 0.25) is 0 Å². The second-order valence-electron chi connectivity index (χ2n) is 7.55. The highest BCUT2D eigenvalue weighted by atomic mass is 16.7. The third-order valence-corrected chi connectivity index (χ3v) is 6.87. The van der Waals surface area contributed by atoms with Crippen LogP contribution in [0.25, 0.3) is 0 Å². The van der Waals surface area contributed by atoms with Gasteiger partial charge in [-0.05, 0) is 24.5 Å². The van der Waals surface area contributed by atoms with E-state index in [1.807, 2.05) is 6.07 Å². The monoisotopic (exact) mass is 347 g/mol. The second-order valence-corrected chi connectivity index (χ2v) is 7.55. The molecule has 1 aliphatic carbocycles. The van der Waals surface area contributed by atoms with Crippen molar-refractivity contribution < 1.29 is 28.8 Å². The summed E-state index contributed by atoms with van der Waals surface area (Å²) in [6.45, 7) is 1.01. The van der Waals surface area contributed by atoms with Gasteiger partial charge < -0.3 is 28.8 Å². The van der Waals surface area contributed by atoms with Crippen molar-refractivity contribution in [3.8, 4) is 17.2 Å². The fraction of sp³-hybridized carbons (Fsp3) is 0.667. The Morgan fingerprint density at radius 1 is 1.32 bits per heavy atom. The fourth-order valence-electron chi connectivity index (χ4n) is 5.81. The van der Waals surface area contributed by atoms with Crippen LogP contribution >= 0.6 is 0 Å². The van der Waals surface area contributed by atoms with Crippen LogP contribution in [-0.2, 0) is 14.9 Å². The Kier molecular flexibility index (Phi) is 2.68. The van der Waals surface area contributed by atoms with Crippen molar-refractivity contribution in [2.24, 2.45) is 0 Å². The summed E-state index contributed by atoms with van der Waals surface area (Å²) in [5.41, 5.74) is 1.77. The van der Waals surface area contributed by atoms with E-state index in [9.17, 15) is 5.11 Å². The summed E-state index contributed by atoms with van der Waals surface area (Å²) in [6.07, 6.45) is 1.46. The van der Waals surface area contributed by atoms with Gasteiger partial charge in [0.05, 0.1) is 19.3 Å². The lowest BCUT2D eigenvalue weighted by Crippen LogP contribution is -2.57. The van der Waals surface area contributed by atoms with Crippen LogP contribution in [-0.4, -0.2) is 61.9 Å². The van der Waals surface area contributed by atoms with Gasteiger partial charge in [-0.15, -0.1) is 0 Å². The minimum Gasteiger partial charge on any atom is -0.492 e. The summed E-state index contributed by atoms with van der Waals surface area (Å²) in [4.78, 5) is 2.18. The maximum atomic E-state index is 11.2. The number of nitrogens with zero attached hydrogens (tertiary/aromatic N) is 1. The summed E-state index contributed by atoms with van der Waals surface area (Å²) in [7, 11) is 3.36. The molecule has 2 bridgehead atoms. The molecule has 7 nitrogen and oxygen atoms in total. The average Bonchev–Trinajstić information content (AvgIpc) is 3.18. The van der Waals surface area contributed by atoms with Gasteiger partial charge in [0, 0.05) is 30.7 Å². The molecule has 1 N–H and O–H groups in total. The van der Waals surface area contributed by atoms with Crippen molar-refractivity contribution in [2.45, 2.75) is 48.8 Å². The lowest BCUT2D eigenvalue weighted by atomic mass is 9.62. The third kappa shape index (κ3) is 1.53. The lowest BCUT2D eigenvalue weighted by molar-refractivity contribution is -0.0566. The Bertz CT molecular complexity index is 768. The van der Waals surface area contributed by atoms with E-state index < -0.39 is 6.23 Å². The van der Waals surface area contributed by atoms with Crippen molar-refractivity contribution in [3.63, 3.8) is 0 Å². The normalized spacial score (nSPS) is 44.8. The van der Waals surface area contributed by atoms with Crippen molar-refractivity contribution >= 4 is 0 Å². The minimum atomic E-state index is -0.715. The number of hydrogen-bond acceptors (Lipinski definition) is 7. The first-order chi connectivity index (χ1) is 12.2. The van der Waals surface area contributed by atoms with Gasteiger partial charge in [0.25, 0.3) is 0 Å². The number of hydrogen-bond donors (Lipinski definition) is 1. The molecule has 0 radical (unpaired) electrons. The lowest BCUT2D eigenvalue weighted by Gasteiger charge is -2.48. The molecule has 2 unspecified atom stereocenters. The van der Waals surface area contributed by atoms with Gasteiger partial charge in [0.2, 0.25) is 12.5 Å². The standard InChI is InChI=1S/C18H21NO6/c1-21-9-6-11-18(16-14(9)25-16)3-4-19(11)17(20)12-8(18)5-10-13(15(12)22-2)24-7-23-10/h5,9,11,14,16-17,20H,3-4,6-7H2,1-2H3/t9-,11-,14+,16+,17?,18+/m1/s1. The van der Waals surface area contributed by atoms with E-state index in [0.29, 0.717) is 17.2 Å². The smallest absolute Gasteiger partial charge is 0.231 e. The zero-order valence-corrected chi connectivity index (χ0v) is 14.2. The number of methoxy groups -OCH3 is 2. The maximum Gasteiger partial charge on any atom is 0.231 e. The largest absolute Gasteiger partial charge is 0.492 e. The Hall–Kier alpha value is -1.54.